The summed E-state index contributed by atoms with van der Waals surface area (Å²) in [6.45, 7) is 0. The number of nitrogens with zero attached hydrogens (tertiary/aromatic N) is 5. The fourth-order valence-electron chi connectivity index (χ4n) is 12.1. The first kappa shape index (κ1) is 52.6. The van der Waals surface area contributed by atoms with Crippen molar-refractivity contribution >= 4 is 200 Å². The molecule has 0 aliphatic carbocycles. The zero-order valence-corrected chi connectivity index (χ0v) is 49.8. The maximum Gasteiger partial charge on any atom is 0.159 e. The highest BCUT2D eigenvalue weighted by atomic mass is 35.5. The number of H-pyrrole nitrogens is 1. The van der Waals surface area contributed by atoms with Gasteiger partial charge in [-0.25, -0.2) is 9.97 Å². The zero-order chi connectivity index (χ0) is 58.1. The molecule has 0 spiro atoms. The van der Waals surface area contributed by atoms with Gasteiger partial charge >= 0.3 is 0 Å². The Balaban J connectivity index is 0.000000120. The van der Waals surface area contributed by atoms with Gasteiger partial charge in [-0.1, -0.05) is 180 Å². The molecular weight excluding hydrogens is 1180 g/mol. The number of nitrogens with one attached hydrogen (secondary N) is 1. The summed E-state index contributed by atoms with van der Waals surface area (Å²) in [5.41, 5.74) is 13.9. The third-order valence-corrected chi connectivity index (χ3v) is 19.1. The van der Waals surface area contributed by atoms with E-state index in [9.17, 15) is 0 Å². The molecule has 87 heavy (non-hydrogen) atoms. The van der Waals surface area contributed by atoms with Crippen LogP contribution in [-0.4, -0.2) is 19.5 Å². The molecule has 0 unspecified atom stereocenters. The van der Waals surface area contributed by atoms with Crippen LogP contribution in [0.5, 0.6) is 0 Å². The average Bonchev–Trinajstić information content (AvgIpc) is 1.93. The van der Waals surface area contributed by atoms with Crippen LogP contribution in [0, 0.1) is 0 Å². The fraction of sp³-hybridized carbons (Fsp3) is 0. The van der Waals surface area contributed by atoms with E-state index < -0.39 is 0 Å². The van der Waals surface area contributed by atoms with Crippen molar-refractivity contribution in [2.24, 2.45) is 0 Å². The largest absolute Gasteiger partial charge is 0.454 e. The van der Waals surface area contributed by atoms with Crippen molar-refractivity contribution in [3.05, 3.63) is 281 Å². The average molecular weight is 1220 g/mol. The van der Waals surface area contributed by atoms with Crippen LogP contribution >= 0.6 is 57.5 Å². The molecule has 0 bridgehead atoms. The molecule has 0 fully saturated rings. The number of aromatic nitrogens is 4. The number of furan rings is 2. The minimum absolute atomic E-state index is 0.507. The molecule has 0 amide bonds. The second-order valence-corrected chi connectivity index (χ2v) is 23.9. The van der Waals surface area contributed by atoms with E-state index in [0.717, 1.165) is 128 Å². The molecule has 8 aromatic heterocycles. The van der Waals surface area contributed by atoms with Crippen LogP contribution in [0.1, 0.15) is 0 Å². The Morgan fingerprint density at radius 3 is 1.48 bits per heavy atom. The third kappa shape index (κ3) is 8.94. The first-order valence-corrected chi connectivity index (χ1v) is 31.1. The van der Waals surface area contributed by atoms with Crippen molar-refractivity contribution in [1.82, 2.24) is 19.5 Å². The lowest BCUT2D eigenvalue weighted by Gasteiger charge is -2.27. The molecule has 18 rings (SSSR count). The molecule has 0 atom stereocenters. The molecule has 0 radical (unpaired) electrons. The van der Waals surface area contributed by atoms with E-state index in [0.29, 0.717) is 15.1 Å². The Bertz CT molecular complexity index is 5560. The SMILES string of the molecule is Clc1c(N(c2csc3ccccc23)c2cccc3c2oc2ccccc23)cccc1-n1c2ccccc2c2cccnc21.Clc1cccc(N(c2csc3ccccc23)c2cccc3c2oc2ccccc23)c1Cl.c1ccc2c(c1)[nH]c1ncccc12. The molecule has 8 nitrogen and oxygen atoms in total. The normalized spacial score (nSPS) is 11.6. The van der Waals surface area contributed by atoms with E-state index in [1.807, 2.05) is 79.0 Å². The van der Waals surface area contributed by atoms with Gasteiger partial charge in [0.2, 0.25) is 0 Å². The van der Waals surface area contributed by atoms with Gasteiger partial charge in [0, 0.05) is 91.9 Å². The lowest BCUT2D eigenvalue weighted by Crippen LogP contribution is -2.11. The van der Waals surface area contributed by atoms with Gasteiger partial charge in [0.15, 0.2) is 11.2 Å². The van der Waals surface area contributed by atoms with Gasteiger partial charge in [-0.3, -0.25) is 4.57 Å². The molecular formula is C74H45Cl3N6O2S2. The topological polar surface area (TPSA) is 79.3 Å². The van der Waals surface area contributed by atoms with Gasteiger partial charge in [-0.15, -0.1) is 22.7 Å². The number of rotatable bonds is 7. The van der Waals surface area contributed by atoms with Crippen molar-refractivity contribution in [3.63, 3.8) is 0 Å². The lowest BCUT2D eigenvalue weighted by molar-refractivity contribution is 0.669. The summed E-state index contributed by atoms with van der Waals surface area (Å²) in [7, 11) is 0. The lowest BCUT2D eigenvalue weighted by atomic mass is 10.1. The van der Waals surface area contributed by atoms with Crippen LogP contribution in [0.15, 0.2) is 275 Å². The number of anilines is 6. The number of fused-ring (bicyclic) bond motifs is 14. The molecule has 13 heteroatoms. The van der Waals surface area contributed by atoms with Gasteiger partial charge in [-0.2, -0.15) is 0 Å². The number of pyridine rings is 2. The van der Waals surface area contributed by atoms with Crippen LogP contribution in [-0.2, 0) is 0 Å². The predicted octanol–water partition coefficient (Wildman–Crippen LogP) is 23.7. The summed E-state index contributed by atoms with van der Waals surface area (Å²) in [6.07, 6.45) is 3.64. The summed E-state index contributed by atoms with van der Waals surface area (Å²) >= 11 is 24.1. The molecule has 0 aliphatic rings. The van der Waals surface area contributed by atoms with Crippen molar-refractivity contribution in [2.45, 2.75) is 0 Å². The second-order valence-electron chi connectivity index (χ2n) is 20.9. The van der Waals surface area contributed by atoms with E-state index in [-0.39, 0.29) is 0 Å². The standard InChI is InChI=1S/C37H22ClN3OS.C26H15Cl2NOS.C11H8N2/c38-35-29(16-8-17-30(35)41-28-15-4-1-10-23(28)26-14-9-21-39-37(26)41)40(32-22-43-34-20-6-3-12-27(32)34)31-18-7-13-25-24-11-2-5-19-33(24)42-36(25)31;27-19-10-6-11-20(25(19)28)29(22-15-31-24-14-4-2-8-18(22)24)21-12-5-9-17-16-7-1-3-13-23(16)30-26(17)21;1-2-6-10-8(4-1)9-5-3-7-12-11(9)13-10/h1-22H;1-15H;1-7H,(H,12,13). The molecule has 0 saturated carbocycles. The van der Waals surface area contributed by atoms with Crippen molar-refractivity contribution in [3.8, 4) is 5.69 Å². The van der Waals surface area contributed by atoms with E-state index in [2.05, 4.69) is 199 Å². The van der Waals surface area contributed by atoms with Gasteiger partial charge in [0.05, 0.1) is 60.4 Å². The van der Waals surface area contributed by atoms with Crippen LogP contribution in [0.2, 0.25) is 15.1 Å². The highest BCUT2D eigenvalue weighted by Crippen LogP contribution is 2.51. The first-order valence-electron chi connectivity index (χ1n) is 28.2. The van der Waals surface area contributed by atoms with Crippen molar-refractivity contribution in [1.29, 1.82) is 0 Å². The summed E-state index contributed by atoms with van der Waals surface area (Å²) in [5, 5.41) is 17.3. The Hall–Kier alpha value is -9.91. The smallest absolute Gasteiger partial charge is 0.159 e. The van der Waals surface area contributed by atoms with Gasteiger partial charge in [0.1, 0.15) is 22.5 Å². The monoisotopic (exact) mass is 1220 g/mol. The van der Waals surface area contributed by atoms with Crippen LogP contribution in [0.4, 0.5) is 34.1 Å². The maximum atomic E-state index is 7.53. The third-order valence-electron chi connectivity index (χ3n) is 16.0. The minimum Gasteiger partial charge on any atom is -0.454 e. The molecule has 8 heterocycles. The molecule has 416 valence electrons. The van der Waals surface area contributed by atoms with Gasteiger partial charge in [-0.05, 0) is 97.1 Å². The number of para-hydroxylation sites is 6. The summed E-state index contributed by atoms with van der Waals surface area (Å²) in [5.74, 6) is 0. The fourth-order valence-corrected chi connectivity index (χ4v) is 14.6. The molecule has 10 aromatic carbocycles. The maximum absolute atomic E-state index is 7.53. The van der Waals surface area contributed by atoms with E-state index in [1.165, 1.54) is 20.2 Å². The Morgan fingerprint density at radius 2 is 0.839 bits per heavy atom. The molecule has 18 aromatic rings. The van der Waals surface area contributed by atoms with E-state index >= 15 is 0 Å². The van der Waals surface area contributed by atoms with Crippen LogP contribution in [0.25, 0.3) is 114 Å². The quantitative estimate of drug-likeness (QED) is 0.171. The van der Waals surface area contributed by atoms with Gasteiger partial charge < -0.3 is 23.6 Å². The summed E-state index contributed by atoms with van der Waals surface area (Å²) < 4.78 is 17.5. The Kier molecular flexibility index (Phi) is 13.2. The summed E-state index contributed by atoms with van der Waals surface area (Å²) in [6, 6.07) is 82.4. The Morgan fingerprint density at radius 1 is 0.368 bits per heavy atom. The van der Waals surface area contributed by atoms with Crippen molar-refractivity contribution in [2.75, 3.05) is 9.80 Å². The van der Waals surface area contributed by atoms with Gasteiger partial charge in [0.25, 0.3) is 0 Å². The van der Waals surface area contributed by atoms with E-state index in [4.69, 9.17) is 48.6 Å². The number of thiophene rings is 2. The molecule has 1 N–H and O–H groups in total. The molecule has 0 aliphatic heterocycles. The predicted molar refractivity (Wildman–Crippen MR) is 368 cm³/mol. The zero-order valence-electron chi connectivity index (χ0n) is 45.9. The summed E-state index contributed by atoms with van der Waals surface area (Å²) in [4.78, 5) is 16.7. The number of hydrogen-bond donors (Lipinski definition) is 1. The van der Waals surface area contributed by atoms with Crippen LogP contribution in [0.3, 0.4) is 0 Å². The van der Waals surface area contributed by atoms with Crippen molar-refractivity contribution < 1.29 is 8.83 Å². The first-order chi connectivity index (χ1) is 42.9. The van der Waals surface area contributed by atoms with E-state index in [1.54, 1.807) is 34.9 Å². The molecule has 0 saturated heterocycles. The number of benzene rings is 10. The number of aromatic amines is 1. The highest BCUT2D eigenvalue weighted by molar-refractivity contribution is 7.18. The number of halogens is 3. The number of hydrogen-bond acceptors (Lipinski definition) is 8. The van der Waals surface area contributed by atoms with Crippen LogP contribution < -0.4 is 9.80 Å². The second kappa shape index (κ2) is 21.9. The minimum atomic E-state index is 0.507. The highest BCUT2D eigenvalue weighted by Gasteiger charge is 2.27. The Labute approximate surface area is 520 Å².